The van der Waals surface area contributed by atoms with Crippen LogP contribution in [0.4, 0.5) is 0 Å². The van der Waals surface area contributed by atoms with Crippen LogP contribution < -0.4 is 0 Å². The molecule has 1 saturated heterocycles. The van der Waals surface area contributed by atoms with Crippen molar-refractivity contribution in [1.29, 1.82) is 0 Å². The standard InChI is InChI=1S/C16H24O4/c1-9(15(18)19-3)11-4-6-16-7-5-12(17)10(2)13(16)14(11)20-8-16/h9-11,13-14H,4-8H2,1-3H3/t9-,10+,11?,13+,14-,16-/m0/s1. The molecule has 6 atom stereocenters. The van der Waals surface area contributed by atoms with Gasteiger partial charge in [0.1, 0.15) is 5.78 Å². The number of hydrogen-bond acceptors (Lipinski definition) is 4. The molecule has 3 aliphatic rings. The number of esters is 1. The molecule has 0 aromatic heterocycles. The van der Waals surface area contributed by atoms with Gasteiger partial charge in [0, 0.05) is 23.7 Å². The summed E-state index contributed by atoms with van der Waals surface area (Å²) in [4.78, 5) is 23.9. The molecule has 112 valence electrons. The largest absolute Gasteiger partial charge is 0.469 e. The van der Waals surface area contributed by atoms with Gasteiger partial charge in [-0.2, -0.15) is 0 Å². The van der Waals surface area contributed by atoms with Crippen molar-refractivity contribution < 1.29 is 19.1 Å². The Bertz CT molecular complexity index is 432. The van der Waals surface area contributed by atoms with Gasteiger partial charge in [0.2, 0.25) is 0 Å². The molecule has 0 radical (unpaired) electrons. The molecule has 0 aromatic carbocycles. The number of carbonyl (C=O) groups excluding carboxylic acids is 2. The molecule has 0 N–H and O–H groups in total. The molecule has 1 aliphatic heterocycles. The van der Waals surface area contributed by atoms with E-state index in [4.69, 9.17) is 9.47 Å². The van der Waals surface area contributed by atoms with Crippen LogP contribution in [0.15, 0.2) is 0 Å². The van der Waals surface area contributed by atoms with Gasteiger partial charge in [-0.15, -0.1) is 0 Å². The van der Waals surface area contributed by atoms with E-state index in [0.29, 0.717) is 18.1 Å². The Hall–Kier alpha value is -0.900. The summed E-state index contributed by atoms with van der Waals surface area (Å²) in [6.07, 6.45) is 3.81. The van der Waals surface area contributed by atoms with Gasteiger partial charge in [-0.1, -0.05) is 13.8 Å². The Kier molecular flexibility index (Phi) is 3.39. The van der Waals surface area contributed by atoms with Crippen molar-refractivity contribution >= 4 is 11.8 Å². The molecule has 1 heterocycles. The molecular formula is C16H24O4. The Balaban J connectivity index is 1.87. The maximum absolute atomic E-state index is 12.1. The summed E-state index contributed by atoms with van der Waals surface area (Å²) in [7, 11) is 1.44. The number of carbonyl (C=O) groups is 2. The lowest BCUT2D eigenvalue weighted by Gasteiger charge is -2.48. The van der Waals surface area contributed by atoms with Crippen molar-refractivity contribution in [3.8, 4) is 0 Å². The predicted octanol–water partition coefficient (Wildman–Crippen LogP) is 2.21. The zero-order valence-corrected chi connectivity index (χ0v) is 12.6. The summed E-state index contributed by atoms with van der Waals surface area (Å²) in [5.41, 5.74) is 0.199. The number of hydrogen-bond donors (Lipinski definition) is 0. The second-order valence-corrected chi connectivity index (χ2v) is 6.93. The summed E-state index contributed by atoms with van der Waals surface area (Å²) in [5, 5.41) is 0. The van der Waals surface area contributed by atoms with Crippen LogP contribution in [-0.4, -0.2) is 31.6 Å². The van der Waals surface area contributed by atoms with E-state index in [-0.39, 0.29) is 35.2 Å². The van der Waals surface area contributed by atoms with E-state index in [1.165, 1.54) is 7.11 Å². The number of rotatable bonds is 2. The molecule has 4 nitrogen and oxygen atoms in total. The average molecular weight is 280 g/mol. The first-order valence-corrected chi connectivity index (χ1v) is 7.72. The van der Waals surface area contributed by atoms with E-state index >= 15 is 0 Å². The van der Waals surface area contributed by atoms with Crippen LogP contribution in [0.3, 0.4) is 0 Å². The number of ether oxygens (including phenoxy) is 2. The fraction of sp³-hybridized carbons (Fsp3) is 0.875. The van der Waals surface area contributed by atoms with Gasteiger partial charge in [-0.25, -0.2) is 0 Å². The van der Waals surface area contributed by atoms with Gasteiger partial charge >= 0.3 is 5.97 Å². The maximum Gasteiger partial charge on any atom is 0.308 e. The minimum Gasteiger partial charge on any atom is -0.469 e. The van der Waals surface area contributed by atoms with Crippen molar-refractivity contribution in [2.45, 2.75) is 45.6 Å². The van der Waals surface area contributed by atoms with Crippen LogP contribution in [0.2, 0.25) is 0 Å². The van der Waals surface area contributed by atoms with E-state index in [0.717, 1.165) is 25.9 Å². The molecule has 2 bridgehead atoms. The number of ketones is 1. The lowest BCUT2D eigenvalue weighted by Crippen LogP contribution is -2.51. The lowest BCUT2D eigenvalue weighted by molar-refractivity contribution is -0.151. The summed E-state index contributed by atoms with van der Waals surface area (Å²) in [6.45, 7) is 4.75. The van der Waals surface area contributed by atoms with Gasteiger partial charge in [0.25, 0.3) is 0 Å². The second-order valence-electron chi connectivity index (χ2n) is 6.93. The highest BCUT2D eigenvalue weighted by Gasteiger charge is 2.60. The van der Waals surface area contributed by atoms with Crippen molar-refractivity contribution in [2.75, 3.05) is 13.7 Å². The first kappa shape index (κ1) is 14.1. The van der Waals surface area contributed by atoms with Crippen LogP contribution in [0.5, 0.6) is 0 Å². The fourth-order valence-corrected chi connectivity index (χ4v) is 4.93. The van der Waals surface area contributed by atoms with Gasteiger partial charge in [0.15, 0.2) is 0 Å². The van der Waals surface area contributed by atoms with Crippen molar-refractivity contribution in [2.24, 2.45) is 29.1 Å². The van der Waals surface area contributed by atoms with E-state index in [1.54, 1.807) is 0 Å². The fourth-order valence-electron chi connectivity index (χ4n) is 4.93. The number of Topliss-reactive ketones (excluding diaryl/α,β-unsaturated/α-hetero) is 1. The first-order chi connectivity index (χ1) is 9.50. The molecule has 2 aliphatic carbocycles. The van der Waals surface area contributed by atoms with Gasteiger partial charge in [0.05, 0.1) is 25.7 Å². The molecule has 0 spiro atoms. The summed E-state index contributed by atoms with van der Waals surface area (Å²) < 4.78 is 11.0. The molecule has 3 fully saturated rings. The highest BCUT2D eigenvalue weighted by Crippen LogP contribution is 2.59. The summed E-state index contributed by atoms with van der Waals surface area (Å²) in [5.74, 6) is 0.626. The summed E-state index contributed by atoms with van der Waals surface area (Å²) in [6, 6.07) is 0. The Morgan fingerprint density at radius 3 is 2.90 bits per heavy atom. The highest BCUT2D eigenvalue weighted by atomic mass is 16.5. The topological polar surface area (TPSA) is 52.6 Å². The highest BCUT2D eigenvalue weighted by molar-refractivity contribution is 5.82. The first-order valence-electron chi connectivity index (χ1n) is 7.72. The zero-order valence-electron chi connectivity index (χ0n) is 12.6. The normalized spacial score (nSPS) is 44.9. The van der Waals surface area contributed by atoms with E-state index in [2.05, 4.69) is 0 Å². The average Bonchev–Trinajstić information content (AvgIpc) is 2.74. The van der Waals surface area contributed by atoms with E-state index in [1.807, 2.05) is 13.8 Å². The van der Waals surface area contributed by atoms with Gasteiger partial charge < -0.3 is 9.47 Å². The SMILES string of the molecule is COC(=O)[C@@H](C)C1CC[C@@]23CCC(=O)[C@@H](C)[C@@H]2[C@H]1OC3. The smallest absolute Gasteiger partial charge is 0.308 e. The third kappa shape index (κ3) is 1.84. The molecule has 3 rings (SSSR count). The van der Waals surface area contributed by atoms with Crippen molar-refractivity contribution in [3.05, 3.63) is 0 Å². The zero-order chi connectivity index (χ0) is 14.5. The molecule has 2 saturated carbocycles. The molecular weight excluding hydrogens is 256 g/mol. The summed E-state index contributed by atoms with van der Waals surface area (Å²) >= 11 is 0. The lowest BCUT2D eigenvalue weighted by atomic mass is 9.53. The molecule has 0 aromatic rings. The minimum atomic E-state index is -0.159. The van der Waals surface area contributed by atoms with Gasteiger partial charge in [-0.3, -0.25) is 9.59 Å². The predicted molar refractivity (Wildman–Crippen MR) is 73.0 cm³/mol. The molecule has 1 unspecified atom stereocenters. The number of methoxy groups -OCH3 is 1. The third-order valence-electron chi connectivity index (χ3n) is 6.15. The monoisotopic (exact) mass is 280 g/mol. The third-order valence-corrected chi connectivity index (χ3v) is 6.15. The van der Waals surface area contributed by atoms with E-state index < -0.39 is 0 Å². The Morgan fingerprint density at radius 2 is 2.20 bits per heavy atom. The Labute approximate surface area is 120 Å². The van der Waals surface area contributed by atoms with Crippen LogP contribution in [-0.2, 0) is 19.1 Å². The van der Waals surface area contributed by atoms with Crippen LogP contribution in [0, 0.1) is 29.1 Å². The van der Waals surface area contributed by atoms with E-state index in [9.17, 15) is 9.59 Å². The van der Waals surface area contributed by atoms with Gasteiger partial charge in [-0.05, 0) is 25.2 Å². The van der Waals surface area contributed by atoms with Crippen LogP contribution >= 0.6 is 0 Å². The van der Waals surface area contributed by atoms with Crippen LogP contribution in [0.1, 0.15) is 39.5 Å². The molecule has 0 amide bonds. The maximum atomic E-state index is 12.1. The molecule has 20 heavy (non-hydrogen) atoms. The minimum absolute atomic E-state index is 0.0529. The van der Waals surface area contributed by atoms with Crippen molar-refractivity contribution in [1.82, 2.24) is 0 Å². The van der Waals surface area contributed by atoms with Crippen molar-refractivity contribution in [3.63, 3.8) is 0 Å². The molecule has 4 heteroatoms. The van der Waals surface area contributed by atoms with Crippen LogP contribution in [0.25, 0.3) is 0 Å². The second kappa shape index (κ2) is 4.83. The quantitative estimate of drug-likeness (QED) is 0.728. The Morgan fingerprint density at radius 1 is 1.45 bits per heavy atom.